The number of para-hydroxylation sites is 1. The molecule has 0 saturated heterocycles. The maximum absolute atomic E-state index is 12.6. The Balaban J connectivity index is 1.44. The molecule has 7 nitrogen and oxygen atoms in total. The van der Waals surface area contributed by atoms with Gasteiger partial charge >= 0.3 is 0 Å². The van der Waals surface area contributed by atoms with Crippen molar-refractivity contribution in [3.05, 3.63) is 66.5 Å². The third-order valence-corrected chi connectivity index (χ3v) is 5.61. The molecule has 0 bridgehead atoms. The number of hydrogen-bond acceptors (Lipinski definition) is 6. The fourth-order valence-corrected chi connectivity index (χ4v) is 3.87. The molecular formula is C24H27N5O2. The Morgan fingerprint density at radius 3 is 2.61 bits per heavy atom. The molecule has 1 aliphatic carbocycles. The Bertz CT molecular complexity index is 1040. The molecule has 1 fully saturated rings. The summed E-state index contributed by atoms with van der Waals surface area (Å²) in [6.45, 7) is 0. The van der Waals surface area contributed by atoms with E-state index in [-0.39, 0.29) is 18.0 Å². The van der Waals surface area contributed by atoms with Gasteiger partial charge in [0.15, 0.2) is 0 Å². The summed E-state index contributed by atoms with van der Waals surface area (Å²) in [7, 11) is 1.64. The molecular weight excluding hydrogens is 390 g/mol. The summed E-state index contributed by atoms with van der Waals surface area (Å²) in [5.74, 6) is 1.32. The summed E-state index contributed by atoms with van der Waals surface area (Å²) >= 11 is 0. The van der Waals surface area contributed by atoms with Gasteiger partial charge in [-0.05, 0) is 49.2 Å². The molecule has 1 heterocycles. The average Bonchev–Trinajstić information content (AvgIpc) is 2.81. The normalized spacial score (nSPS) is 18.3. The molecule has 4 N–H and O–H groups in total. The number of aromatic nitrogens is 2. The van der Waals surface area contributed by atoms with Crippen molar-refractivity contribution < 1.29 is 9.53 Å². The van der Waals surface area contributed by atoms with Crippen molar-refractivity contribution in [1.82, 2.24) is 15.3 Å². The van der Waals surface area contributed by atoms with Gasteiger partial charge in [0.05, 0.1) is 12.8 Å². The lowest BCUT2D eigenvalue weighted by molar-refractivity contribution is 0.0921. The highest BCUT2D eigenvalue weighted by atomic mass is 16.5. The maximum atomic E-state index is 12.6. The molecule has 160 valence electrons. The first kappa shape index (κ1) is 20.8. The van der Waals surface area contributed by atoms with Crippen LogP contribution in [0.4, 0.5) is 11.5 Å². The second-order valence-corrected chi connectivity index (χ2v) is 7.72. The van der Waals surface area contributed by atoms with E-state index in [1.54, 1.807) is 19.2 Å². The Labute approximate surface area is 182 Å². The highest BCUT2D eigenvalue weighted by molar-refractivity contribution is 5.94. The molecule has 7 heteroatoms. The van der Waals surface area contributed by atoms with Gasteiger partial charge in [0.2, 0.25) is 0 Å². The van der Waals surface area contributed by atoms with Crippen molar-refractivity contribution in [1.29, 1.82) is 0 Å². The fraction of sp³-hybridized carbons (Fsp3) is 0.292. The minimum Gasteiger partial charge on any atom is -0.496 e. The fourth-order valence-electron chi connectivity index (χ4n) is 3.87. The van der Waals surface area contributed by atoms with Crippen LogP contribution in [0.2, 0.25) is 0 Å². The number of nitrogens with zero attached hydrogens (tertiary/aromatic N) is 2. The highest BCUT2D eigenvalue weighted by Crippen LogP contribution is 2.29. The predicted octanol–water partition coefficient (Wildman–Crippen LogP) is 3.90. The molecule has 1 aromatic heterocycles. The summed E-state index contributed by atoms with van der Waals surface area (Å²) in [5, 5.41) is 6.34. The van der Waals surface area contributed by atoms with Crippen LogP contribution in [-0.2, 0) is 0 Å². The van der Waals surface area contributed by atoms with Crippen LogP contribution in [0, 0.1) is 0 Å². The van der Waals surface area contributed by atoms with Crippen LogP contribution in [0.1, 0.15) is 36.0 Å². The molecule has 1 aliphatic rings. The number of carbonyl (C=O) groups excluding carboxylic acids is 1. The van der Waals surface area contributed by atoms with Gasteiger partial charge in [-0.25, -0.2) is 9.97 Å². The van der Waals surface area contributed by atoms with Gasteiger partial charge in [0.1, 0.15) is 17.9 Å². The second kappa shape index (κ2) is 9.57. The summed E-state index contributed by atoms with van der Waals surface area (Å²) in [5.41, 5.74) is 9.24. The van der Waals surface area contributed by atoms with Crippen LogP contribution < -0.4 is 21.1 Å². The summed E-state index contributed by atoms with van der Waals surface area (Å²) in [6.07, 6.45) is 5.66. The van der Waals surface area contributed by atoms with Gasteiger partial charge in [0.25, 0.3) is 5.91 Å². The molecule has 2 aromatic carbocycles. The number of nitrogens with one attached hydrogen (secondary N) is 2. The quantitative estimate of drug-likeness (QED) is 0.562. The number of rotatable bonds is 6. The third-order valence-electron chi connectivity index (χ3n) is 5.61. The lowest BCUT2D eigenvalue weighted by Gasteiger charge is -2.29. The van der Waals surface area contributed by atoms with Crippen LogP contribution in [0.5, 0.6) is 5.75 Å². The van der Waals surface area contributed by atoms with Crippen LogP contribution in [0.3, 0.4) is 0 Å². The standard InChI is InChI=1S/C24H27N5O2/c1-31-22-9-5-2-6-18(22)21-14-23(27-15-26-21)28-17-12-10-16(11-13-17)24(30)29-20-8-4-3-7-19(20)25/h2,5-6,9-15,19-20H,3-4,7-8,25H2,1H3,(H,29,30)(H,26,27,28)/t19-,20-/m1/s1. The minimum atomic E-state index is -0.0885. The minimum absolute atomic E-state index is 0.0360. The average molecular weight is 418 g/mol. The first-order valence-electron chi connectivity index (χ1n) is 10.5. The number of ether oxygens (including phenoxy) is 1. The van der Waals surface area contributed by atoms with E-state index in [1.807, 2.05) is 42.5 Å². The van der Waals surface area contributed by atoms with E-state index in [0.717, 1.165) is 48.4 Å². The van der Waals surface area contributed by atoms with Crippen molar-refractivity contribution in [2.45, 2.75) is 37.8 Å². The zero-order valence-corrected chi connectivity index (χ0v) is 17.5. The first-order chi connectivity index (χ1) is 15.1. The molecule has 0 radical (unpaired) electrons. The summed E-state index contributed by atoms with van der Waals surface area (Å²) in [6, 6.07) is 17.0. The molecule has 1 saturated carbocycles. The number of amides is 1. The third kappa shape index (κ3) is 5.00. The number of hydrogen-bond donors (Lipinski definition) is 3. The van der Waals surface area contributed by atoms with E-state index in [2.05, 4.69) is 20.6 Å². The van der Waals surface area contributed by atoms with Gasteiger partial charge in [0, 0.05) is 35.0 Å². The number of nitrogens with two attached hydrogens (primary N) is 1. The number of carbonyl (C=O) groups is 1. The zero-order chi connectivity index (χ0) is 21.6. The van der Waals surface area contributed by atoms with E-state index in [9.17, 15) is 4.79 Å². The van der Waals surface area contributed by atoms with Gasteiger partial charge in [-0.2, -0.15) is 0 Å². The largest absolute Gasteiger partial charge is 0.496 e. The molecule has 0 aliphatic heterocycles. The molecule has 0 spiro atoms. The van der Waals surface area contributed by atoms with Gasteiger partial charge in [-0.1, -0.05) is 25.0 Å². The Kier molecular flexibility index (Phi) is 6.43. The number of benzene rings is 2. The van der Waals surface area contributed by atoms with Crippen LogP contribution in [0.15, 0.2) is 60.9 Å². The Hall–Kier alpha value is -3.45. The molecule has 0 unspecified atom stereocenters. The van der Waals surface area contributed by atoms with Gasteiger partial charge in [-0.3, -0.25) is 4.79 Å². The van der Waals surface area contributed by atoms with Gasteiger partial charge < -0.3 is 21.1 Å². The van der Waals surface area contributed by atoms with E-state index in [4.69, 9.17) is 10.5 Å². The Morgan fingerprint density at radius 2 is 1.84 bits per heavy atom. The maximum Gasteiger partial charge on any atom is 0.251 e. The van der Waals surface area contributed by atoms with Gasteiger partial charge in [-0.15, -0.1) is 0 Å². The molecule has 2 atom stereocenters. The van der Waals surface area contributed by atoms with Crippen LogP contribution in [-0.4, -0.2) is 35.1 Å². The Morgan fingerprint density at radius 1 is 1.06 bits per heavy atom. The zero-order valence-electron chi connectivity index (χ0n) is 17.5. The SMILES string of the molecule is COc1ccccc1-c1cc(Nc2ccc(C(=O)N[C@@H]3CCCC[C@H]3N)cc2)ncn1. The highest BCUT2D eigenvalue weighted by Gasteiger charge is 2.23. The van der Waals surface area contributed by atoms with E-state index in [1.165, 1.54) is 6.33 Å². The summed E-state index contributed by atoms with van der Waals surface area (Å²) in [4.78, 5) is 21.2. The molecule has 4 rings (SSSR count). The van der Waals surface area contributed by atoms with Crippen molar-refractivity contribution in [3.63, 3.8) is 0 Å². The lowest BCUT2D eigenvalue weighted by atomic mass is 9.91. The van der Waals surface area contributed by atoms with Crippen LogP contribution >= 0.6 is 0 Å². The second-order valence-electron chi connectivity index (χ2n) is 7.72. The topological polar surface area (TPSA) is 102 Å². The van der Waals surface area contributed by atoms with E-state index < -0.39 is 0 Å². The van der Waals surface area contributed by atoms with E-state index >= 15 is 0 Å². The molecule has 1 amide bonds. The van der Waals surface area contributed by atoms with E-state index in [0.29, 0.717) is 11.4 Å². The predicted molar refractivity (Wildman–Crippen MR) is 121 cm³/mol. The van der Waals surface area contributed by atoms with Crippen molar-refractivity contribution in [3.8, 4) is 17.0 Å². The smallest absolute Gasteiger partial charge is 0.251 e. The monoisotopic (exact) mass is 417 g/mol. The number of anilines is 2. The summed E-state index contributed by atoms with van der Waals surface area (Å²) < 4.78 is 5.43. The first-order valence-corrected chi connectivity index (χ1v) is 10.5. The van der Waals surface area contributed by atoms with Crippen molar-refractivity contribution in [2.24, 2.45) is 5.73 Å². The van der Waals surface area contributed by atoms with Crippen LogP contribution in [0.25, 0.3) is 11.3 Å². The molecule has 31 heavy (non-hydrogen) atoms. The van der Waals surface area contributed by atoms with Crippen molar-refractivity contribution in [2.75, 3.05) is 12.4 Å². The molecule has 3 aromatic rings. The lowest BCUT2D eigenvalue weighted by Crippen LogP contribution is -2.49. The number of methoxy groups -OCH3 is 1. The van der Waals surface area contributed by atoms with Crippen molar-refractivity contribution >= 4 is 17.4 Å².